The second kappa shape index (κ2) is 6.41. The van der Waals surface area contributed by atoms with Crippen LogP contribution < -0.4 is 0 Å². The molecule has 3 heteroatoms. The second-order valence-corrected chi connectivity index (χ2v) is 7.39. The molecule has 0 spiro atoms. The van der Waals surface area contributed by atoms with E-state index < -0.39 is 0 Å². The smallest absolute Gasteiger partial charge is 0.254 e. The zero-order valence-corrected chi connectivity index (χ0v) is 14.1. The number of benzene rings is 1. The summed E-state index contributed by atoms with van der Waals surface area (Å²) < 4.78 is 0. The number of hydrogen-bond donors (Lipinski definition) is 0. The van der Waals surface area contributed by atoms with E-state index in [0.717, 1.165) is 25.1 Å². The van der Waals surface area contributed by atoms with Gasteiger partial charge in [-0.1, -0.05) is 26.0 Å². The minimum Gasteiger partial charge on any atom is -0.333 e. The minimum atomic E-state index is 0.204. The number of amides is 1. The van der Waals surface area contributed by atoms with E-state index in [1.165, 1.54) is 24.9 Å². The largest absolute Gasteiger partial charge is 0.333 e. The molecule has 3 nitrogen and oxygen atoms in total. The lowest BCUT2D eigenvalue weighted by Gasteiger charge is -2.42. The van der Waals surface area contributed by atoms with Gasteiger partial charge in [0.15, 0.2) is 0 Å². The highest BCUT2D eigenvalue weighted by Gasteiger charge is 2.36. The molecule has 1 aromatic carbocycles. The third kappa shape index (κ3) is 3.19. The predicted molar refractivity (Wildman–Crippen MR) is 90.1 cm³/mol. The molecule has 0 saturated carbocycles. The molecule has 120 valence electrons. The van der Waals surface area contributed by atoms with Crippen LogP contribution in [0.15, 0.2) is 24.3 Å². The van der Waals surface area contributed by atoms with Crippen molar-refractivity contribution in [2.45, 2.75) is 52.1 Å². The van der Waals surface area contributed by atoms with Crippen molar-refractivity contribution < 1.29 is 4.79 Å². The summed E-state index contributed by atoms with van der Waals surface area (Å²) in [5.41, 5.74) is 2.16. The zero-order chi connectivity index (χ0) is 15.7. The van der Waals surface area contributed by atoms with Crippen LogP contribution in [-0.2, 0) is 6.42 Å². The highest BCUT2D eigenvalue weighted by molar-refractivity contribution is 5.94. The Labute approximate surface area is 134 Å². The number of piperazine rings is 1. The molecular formula is C19H28N2O. The van der Waals surface area contributed by atoms with E-state index >= 15 is 0 Å². The topological polar surface area (TPSA) is 23.6 Å². The maximum Gasteiger partial charge on any atom is 0.254 e. The van der Waals surface area contributed by atoms with E-state index in [2.05, 4.69) is 42.7 Å². The molecule has 2 atom stereocenters. The fourth-order valence-corrected chi connectivity index (χ4v) is 3.89. The van der Waals surface area contributed by atoms with Gasteiger partial charge in [-0.3, -0.25) is 9.69 Å². The summed E-state index contributed by atoms with van der Waals surface area (Å²) in [5, 5.41) is 0. The van der Waals surface area contributed by atoms with Gasteiger partial charge in [0.1, 0.15) is 0 Å². The van der Waals surface area contributed by atoms with Crippen LogP contribution in [0.2, 0.25) is 0 Å². The molecule has 1 amide bonds. The van der Waals surface area contributed by atoms with Crippen molar-refractivity contribution in [2.75, 3.05) is 19.6 Å². The number of hydrogen-bond acceptors (Lipinski definition) is 2. The molecule has 1 aromatic rings. The first-order valence-electron chi connectivity index (χ1n) is 8.68. The van der Waals surface area contributed by atoms with Crippen molar-refractivity contribution in [3.05, 3.63) is 35.4 Å². The molecule has 3 rings (SSSR count). The second-order valence-electron chi connectivity index (χ2n) is 7.39. The van der Waals surface area contributed by atoms with E-state index in [1.54, 1.807) is 0 Å². The van der Waals surface area contributed by atoms with E-state index in [4.69, 9.17) is 0 Å². The summed E-state index contributed by atoms with van der Waals surface area (Å²) in [7, 11) is 0. The van der Waals surface area contributed by atoms with Crippen molar-refractivity contribution in [1.82, 2.24) is 9.80 Å². The monoisotopic (exact) mass is 300 g/mol. The van der Waals surface area contributed by atoms with Gasteiger partial charge in [-0.2, -0.15) is 0 Å². The van der Waals surface area contributed by atoms with Gasteiger partial charge in [-0.15, -0.1) is 0 Å². The lowest BCUT2D eigenvalue weighted by Crippen LogP contribution is -2.56. The van der Waals surface area contributed by atoms with Gasteiger partial charge in [0.25, 0.3) is 5.91 Å². The summed E-state index contributed by atoms with van der Waals surface area (Å²) in [6.07, 6.45) is 3.60. The first-order valence-corrected chi connectivity index (χ1v) is 8.68. The van der Waals surface area contributed by atoms with Gasteiger partial charge in [0.2, 0.25) is 0 Å². The Balaban J connectivity index is 1.70. The number of carbonyl (C=O) groups is 1. The summed E-state index contributed by atoms with van der Waals surface area (Å²) in [6.45, 7) is 9.76. The first-order chi connectivity index (χ1) is 10.5. The Morgan fingerprint density at radius 3 is 2.64 bits per heavy atom. The quantitative estimate of drug-likeness (QED) is 0.856. The van der Waals surface area contributed by atoms with Gasteiger partial charge in [0, 0.05) is 30.7 Å². The lowest BCUT2D eigenvalue weighted by molar-refractivity contribution is 0.0395. The van der Waals surface area contributed by atoms with Crippen molar-refractivity contribution in [3.8, 4) is 0 Å². The highest BCUT2D eigenvalue weighted by Crippen LogP contribution is 2.25. The molecule has 0 N–H and O–H groups in total. The van der Waals surface area contributed by atoms with Gasteiger partial charge >= 0.3 is 0 Å². The number of nitrogens with zero attached hydrogens (tertiary/aromatic N) is 2. The number of carbonyl (C=O) groups excluding carboxylic acids is 1. The summed E-state index contributed by atoms with van der Waals surface area (Å²) in [5.74, 6) is 0.854. The highest BCUT2D eigenvalue weighted by atomic mass is 16.2. The number of fused-ring (bicyclic) bond motifs is 1. The standard InChI is InChI=1S/C19H28N2O/c1-14(2)11-16-6-8-17(9-7-16)19(22)21-13-18-5-4-10-20(18)12-15(21)3/h6-9,14-15,18H,4-5,10-13H2,1-3H3. The molecule has 2 fully saturated rings. The Morgan fingerprint density at radius 2 is 1.95 bits per heavy atom. The fraction of sp³-hybridized carbons (Fsp3) is 0.632. The van der Waals surface area contributed by atoms with Gasteiger partial charge in [-0.05, 0) is 56.3 Å². The molecule has 2 saturated heterocycles. The molecule has 2 aliphatic rings. The van der Waals surface area contributed by atoms with Gasteiger partial charge < -0.3 is 4.90 Å². The molecule has 0 aromatic heterocycles. The maximum atomic E-state index is 12.8. The summed E-state index contributed by atoms with van der Waals surface area (Å²) in [4.78, 5) is 17.5. The maximum absolute atomic E-state index is 12.8. The molecule has 2 unspecified atom stereocenters. The Hall–Kier alpha value is -1.35. The van der Waals surface area contributed by atoms with E-state index in [9.17, 15) is 4.79 Å². The zero-order valence-electron chi connectivity index (χ0n) is 14.1. The van der Waals surface area contributed by atoms with Gasteiger partial charge in [-0.25, -0.2) is 0 Å². The van der Waals surface area contributed by atoms with E-state index in [1.807, 2.05) is 12.1 Å². The fourth-order valence-electron chi connectivity index (χ4n) is 3.89. The average Bonchev–Trinajstić information content (AvgIpc) is 2.93. The molecule has 2 heterocycles. The first kappa shape index (κ1) is 15.5. The van der Waals surface area contributed by atoms with E-state index in [0.29, 0.717) is 18.0 Å². The average molecular weight is 300 g/mol. The number of rotatable bonds is 3. The molecule has 2 aliphatic heterocycles. The van der Waals surface area contributed by atoms with Crippen molar-refractivity contribution in [3.63, 3.8) is 0 Å². The van der Waals surface area contributed by atoms with Crippen LogP contribution in [0.3, 0.4) is 0 Å². The normalized spacial score (nSPS) is 25.5. The van der Waals surface area contributed by atoms with Crippen LogP contribution in [0.4, 0.5) is 0 Å². The Kier molecular flexibility index (Phi) is 4.53. The molecule has 0 aliphatic carbocycles. The third-order valence-corrected chi connectivity index (χ3v) is 5.04. The molecule has 0 bridgehead atoms. The van der Waals surface area contributed by atoms with E-state index in [-0.39, 0.29) is 5.91 Å². The SMILES string of the molecule is CC(C)Cc1ccc(C(=O)N2CC3CCCN3CC2C)cc1. The van der Waals surface area contributed by atoms with Crippen LogP contribution in [0.1, 0.15) is 49.5 Å². The predicted octanol–water partition coefficient (Wildman–Crippen LogP) is 3.19. The molecule has 22 heavy (non-hydrogen) atoms. The van der Waals surface area contributed by atoms with Crippen molar-refractivity contribution in [2.24, 2.45) is 5.92 Å². The van der Waals surface area contributed by atoms with Crippen LogP contribution in [0.5, 0.6) is 0 Å². The summed E-state index contributed by atoms with van der Waals surface area (Å²) >= 11 is 0. The molecule has 0 radical (unpaired) electrons. The van der Waals surface area contributed by atoms with Crippen molar-refractivity contribution >= 4 is 5.91 Å². The van der Waals surface area contributed by atoms with Crippen molar-refractivity contribution in [1.29, 1.82) is 0 Å². The minimum absolute atomic E-state index is 0.204. The molecular weight excluding hydrogens is 272 g/mol. The van der Waals surface area contributed by atoms with Crippen LogP contribution in [0.25, 0.3) is 0 Å². The van der Waals surface area contributed by atoms with Crippen LogP contribution in [-0.4, -0.2) is 47.4 Å². The van der Waals surface area contributed by atoms with Crippen LogP contribution in [0, 0.1) is 5.92 Å². The van der Waals surface area contributed by atoms with Crippen LogP contribution >= 0.6 is 0 Å². The van der Waals surface area contributed by atoms with Gasteiger partial charge in [0.05, 0.1) is 0 Å². The summed E-state index contributed by atoms with van der Waals surface area (Å²) in [6, 6.07) is 9.15. The Morgan fingerprint density at radius 1 is 1.23 bits per heavy atom. The Bertz CT molecular complexity index is 523. The lowest BCUT2D eigenvalue weighted by atomic mass is 10.0. The third-order valence-electron chi connectivity index (χ3n) is 5.04.